The van der Waals surface area contributed by atoms with Gasteiger partial charge >= 0.3 is 0 Å². The Morgan fingerprint density at radius 2 is 2.00 bits per heavy atom. The van der Waals surface area contributed by atoms with Crippen LogP contribution < -0.4 is 4.74 Å². The summed E-state index contributed by atoms with van der Waals surface area (Å²) in [5.41, 5.74) is 2.54. The minimum atomic E-state index is 0.433. The zero-order valence-electron chi connectivity index (χ0n) is 6.79. The van der Waals surface area contributed by atoms with Crippen LogP contribution in [-0.4, -0.2) is 5.94 Å². The maximum absolute atomic E-state index is 5.21. The van der Waals surface area contributed by atoms with Gasteiger partial charge in [0.15, 0.2) is 0 Å². The maximum atomic E-state index is 5.21. The maximum Gasteiger partial charge on any atom is 0.131 e. The van der Waals surface area contributed by atoms with E-state index in [1.54, 1.807) is 0 Å². The number of hydrogen-bond acceptors (Lipinski definition) is 2. The van der Waals surface area contributed by atoms with E-state index in [1.807, 2.05) is 18.2 Å². The third-order valence-electron chi connectivity index (χ3n) is 1.71. The number of thiol groups is 1. The van der Waals surface area contributed by atoms with Gasteiger partial charge in [0.1, 0.15) is 11.7 Å². The molecule has 0 fully saturated rings. The molecule has 0 aliphatic carbocycles. The molecule has 0 aliphatic heterocycles. The van der Waals surface area contributed by atoms with Crippen molar-refractivity contribution in [1.82, 2.24) is 0 Å². The summed E-state index contributed by atoms with van der Waals surface area (Å²) < 4.78 is 5.21. The fraction of sp³-hybridized carbons (Fsp3) is 0.333. The van der Waals surface area contributed by atoms with Crippen LogP contribution in [0, 0.1) is 13.8 Å². The topological polar surface area (TPSA) is 9.23 Å². The Balaban J connectivity index is 2.86. The smallest absolute Gasteiger partial charge is 0.131 e. The van der Waals surface area contributed by atoms with Crippen LogP contribution in [0.3, 0.4) is 0 Å². The van der Waals surface area contributed by atoms with Gasteiger partial charge in [0.2, 0.25) is 0 Å². The van der Waals surface area contributed by atoms with Crippen molar-refractivity contribution in [1.29, 1.82) is 0 Å². The van der Waals surface area contributed by atoms with E-state index in [0.717, 1.165) is 5.75 Å². The second kappa shape index (κ2) is 3.67. The molecule has 0 heterocycles. The van der Waals surface area contributed by atoms with E-state index in [2.05, 4.69) is 26.5 Å². The predicted molar refractivity (Wildman–Crippen MR) is 50.4 cm³/mol. The van der Waals surface area contributed by atoms with Gasteiger partial charge in [0.25, 0.3) is 0 Å². The van der Waals surface area contributed by atoms with Gasteiger partial charge in [-0.05, 0) is 37.1 Å². The van der Waals surface area contributed by atoms with E-state index in [9.17, 15) is 0 Å². The van der Waals surface area contributed by atoms with Crippen molar-refractivity contribution in [2.75, 3.05) is 5.94 Å². The lowest BCUT2D eigenvalue weighted by Gasteiger charge is -2.04. The molecule has 1 nitrogen and oxygen atoms in total. The van der Waals surface area contributed by atoms with Gasteiger partial charge in [0.05, 0.1) is 0 Å². The van der Waals surface area contributed by atoms with Crippen LogP contribution in [0.2, 0.25) is 0 Å². The first-order valence-corrected chi connectivity index (χ1v) is 4.18. The van der Waals surface area contributed by atoms with Crippen molar-refractivity contribution in [3.8, 4) is 5.75 Å². The summed E-state index contributed by atoms with van der Waals surface area (Å²) in [5.74, 6) is 1.32. The summed E-state index contributed by atoms with van der Waals surface area (Å²) in [6.45, 7) is 4.15. The molecule has 0 amide bonds. The summed E-state index contributed by atoms with van der Waals surface area (Å²) in [6, 6.07) is 6.03. The molecule has 1 rings (SSSR count). The third kappa shape index (κ3) is 2.15. The van der Waals surface area contributed by atoms with Gasteiger partial charge in [-0.1, -0.05) is 6.07 Å². The van der Waals surface area contributed by atoms with E-state index in [0.29, 0.717) is 5.94 Å². The zero-order valence-corrected chi connectivity index (χ0v) is 7.69. The molecule has 0 aromatic heterocycles. The van der Waals surface area contributed by atoms with E-state index in [-0.39, 0.29) is 0 Å². The highest BCUT2D eigenvalue weighted by atomic mass is 32.1. The molecule has 0 saturated carbocycles. The summed E-state index contributed by atoms with van der Waals surface area (Å²) in [6.07, 6.45) is 0. The van der Waals surface area contributed by atoms with E-state index >= 15 is 0 Å². The monoisotopic (exact) mass is 168 g/mol. The molecular weight excluding hydrogens is 156 g/mol. The molecule has 0 bridgehead atoms. The van der Waals surface area contributed by atoms with E-state index in [4.69, 9.17) is 4.74 Å². The summed E-state index contributed by atoms with van der Waals surface area (Å²) in [4.78, 5) is 0. The molecule has 0 radical (unpaired) electrons. The fourth-order valence-electron chi connectivity index (χ4n) is 0.878. The standard InChI is InChI=1S/C9H12OS/c1-7-3-4-9(10-6-11)5-8(7)2/h3-5,11H,6H2,1-2H3. The first kappa shape index (κ1) is 8.47. The molecule has 0 N–H and O–H groups in total. The zero-order chi connectivity index (χ0) is 8.27. The number of benzene rings is 1. The second-order valence-electron chi connectivity index (χ2n) is 2.52. The van der Waals surface area contributed by atoms with Crippen LogP contribution >= 0.6 is 12.6 Å². The molecule has 0 unspecified atom stereocenters. The van der Waals surface area contributed by atoms with Gasteiger partial charge in [-0.15, -0.1) is 12.6 Å². The highest BCUT2D eigenvalue weighted by molar-refractivity contribution is 7.80. The highest BCUT2D eigenvalue weighted by Crippen LogP contribution is 2.16. The Morgan fingerprint density at radius 1 is 1.27 bits per heavy atom. The van der Waals surface area contributed by atoms with E-state index in [1.165, 1.54) is 11.1 Å². The Bertz CT molecular complexity index is 245. The first-order valence-electron chi connectivity index (χ1n) is 3.55. The molecule has 0 atom stereocenters. The second-order valence-corrected chi connectivity index (χ2v) is 2.78. The van der Waals surface area contributed by atoms with Crippen molar-refractivity contribution in [2.24, 2.45) is 0 Å². The average molecular weight is 168 g/mol. The summed E-state index contributed by atoms with van der Waals surface area (Å²) in [7, 11) is 0. The number of aryl methyl sites for hydroxylation is 2. The molecule has 11 heavy (non-hydrogen) atoms. The van der Waals surface area contributed by atoms with Crippen molar-refractivity contribution >= 4 is 12.6 Å². The molecular formula is C9H12OS. The average Bonchev–Trinajstić information content (AvgIpc) is 1.98. The van der Waals surface area contributed by atoms with Gasteiger partial charge in [0, 0.05) is 0 Å². The van der Waals surface area contributed by atoms with Gasteiger partial charge < -0.3 is 4.74 Å². The summed E-state index contributed by atoms with van der Waals surface area (Å²) in [5, 5.41) is 0. The third-order valence-corrected chi connectivity index (χ3v) is 1.84. The lowest BCUT2D eigenvalue weighted by Crippen LogP contribution is -1.90. The van der Waals surface area contributed by atoms with E-state index < -0.39 is 0 Å². The van der Waals surface area contributed by atoms with Crippen LogP contribution in [0.4, 0.5) is 0 Å². The van der Waals surface area contributed by atoms with Crippen molar-refractivity contribution in [2.45, 2.75) is 13.8 Å². The molecule has 0 aliphatic rings. The predicted octanol–water partition coefficient (Wildman–Crippen LogP) is 2.57. The highest BCUT2D eigenvalue weighted by Gasteiger charge is 1.94. The minimum absolute atomic E-state index is 0.433. The van der Waals surface area contributed by atoms with Crippen LogP contribution in [-0.2, 0) is 0 Å². The van der Waals surface area contributed by atoms with Crippen molar-refractivity contribution < 1.29 is 4.74 Å². The van der Waals surface area contributed by atoms with Gasteiger partial charge in [-0.25, -0.2) is 0 Å². The van der Waals surface area contributed by atoms with Crippen LogP contribution in [0.15, 0.2) is 18.2 Å². The van der Waals surface area contributed by atoms with Crippen LogP contribution in [0.1, 0.15) is 11.1 Å². The lowest BCUT2D eigenvalue weighted by molar-refractivity contribution is 0.394. The molecule has 2 heteroatoms. The Hall–Kier alpha value is -0.630. The number of rotatable bonds is 2. The molecule has 1 aromatic carbocycles. The SMILES string of the molecule is Cc1ccc(OCS)cc1C. The fourth-order valence-corrected chi connectivity index (χ4v) is 1.03. The molecule has 0 saturated heterocycles. The first-order chi connectivity index (χ1) is 5.24. The van der Waals surface area contributed by atoms with Gasteiger partial charge in [-0.2, -0.15) is 0 Å². The molecule has 0 spiro atoms. The number of hydrogen-bond donors (Lipinski definition) is 1. The van der Waals surface area contributed by atoms with Crippen LogP contribution in [0.5, 0.6) is 5.75 Å². The molecule has 60 valence electrons. The van der Waals surface area contributed by atoms with Crippen molar-refractivity contribution in [3.05, 3.63) is 29.3 Å². The quantitative estimate of drug-likeness (QED) is 0.527. The Labute approximate surface area is 72.8 Å². The summed E-state index contributed by atoms with van der Waals surface area (Å²) >= 11 is 3.97. The van der Waals surface area contributed by atoms with Crippen LogP contribution in [0.25, 0.3) is 0 Å². The minimum Gasteiger partial charge on any atom is -0.483 e. The number of ether oxygens (including phenoxy) is 1. The van der Waals surface area contributed by atoms with Gasteiger partial charge in [-0.3, -0.25) is 0 Å². The van der Waals surface area contributed by atoms with Crippen molar-refractivity contribution in [3.63, 3.8) is 0 Å². The normalized spacial score (nSPS) is 9.73. The lowest BCUT2D eigenvalue weighted by atomic mass is 10.1. The molecule has 1 aromatic rings. The largest absolute Gasteiger partial charge is 0.483 e. The Kier molecular flexibility index (Phi) is 2.83. The Morgan fingerprint density at radius 3 is 2.55 bits per heavy atom.